The van der Waals surface area contributed by atoms with Crippen molar-refractivity contribution in [2.75, 3.05) is 0 Å². The van der Waals surface area contributed by atoms with E-state index in [2.05, 4.69) is 0 Å². The van der Waals surface area contributed by atoms with Crippen LogP contribution in [-0.2, 0) is 0 Å². The first kappa shape index (κ1) is 7.86. The molecule has 0 atom stereocenters. The van der Waals surface area contributed by atoms with Crippen molar-refractivity contribution < 1.29 is 14.3 Å². The molecule has 1 aromatic carbocycles. The van der Waals surface area contributed by atoms with Crippen LogP contribution >= 0.6 is 0 Å². The Labute approximate surface area is 74.6 Å². The van der Waals surface area contributed by atoms with Crippen LogP contribution in [-0.4, -0.2) is 11.1 Å². The van der Waals surface area contributed by atoms with Crippen molar-refractivity contribution >= 4 is 16.9 Å². The van der Waals surface area contributed by atoms with Crippen molar-refractivity contribution in [3.8, 4) is 0 Å². The molecule has 0 aliphatic rings. The summed E-state index contributed by atoms with van der Waals surface area (Å²) >= 11 is 0. The van der Waals surface area contributed by atoms with Crippen molar-refractivity contribution in [2.45, 2.75) is 6.92 Å². The number of carboxylic acid groups (broad SMARTS) is 1. The van der Waals surface area contributed by atoms with Crippen LogP contribution in [0.2, 0.25) is 0 Å². The number of furan rings is 1. The lowest BCUT2D eigenvalue weighted by molar-refractivity contribution is 0.0698. The van der Waals surface area contributed by atoms with Gasteiger partial charge in [0.15, 0.2) is 0 Å². The molecule has 66 valence electrons. The van der Waals surface area contributed by atoms with Crippen LogP contribution in [0.1, 0.15) is 15.9 Å². The molecule has 1 heterocycles. The second kappa shape index (κ2) is 2.62. The van der Waals surface area contributed by atoms with Gasteiger partial charge in [0.25, 0.3) is 0 Å². The summed E-state index contributed by atoms with van der Waals surface area (Å²) < 4.78 is 5.10. The number of aryl methyl sites for hydroxylation is 1. The molecule has 0 aliphatic carbocycles. The van der Waals surface area contributed by atoms with E-state index in [1.807, 2.05) is 0 Å². The van der Waals surface area contributed by atoms with Crippen LogP contribution in [0.15, 0.2) is 28.9 Å². The van der Waals surface area contributed by atoms with Gasteiger partial charge in [0.05, 0.1) is 11.8 Å². The van der Waals surface area contributed by atoms with E-state index < -0.39 is 5.97 Å². The van der Waals surface area contributed by atoms with Crippen molar-refractivity contribution in [2.24, 2.45) is 0 Å². The number of fused-ring (bicyclic) bond motifs is 1. The number of hydrogen-bond acceptors (Lipinski definition) is 2. The van der Waals surface area contributed by atoms with Gasteiger partial charge in [-0.3, -0.25) is 0 Å². The molecule has 0 bridgehead atoms. The number of carboxylic acids is 1. The molecule has 0 radical (unpaired) electrons. The van der Waals surface area contributed by atoms with Gasteiger partial charge in [-0.2, -0.15) is 0 Å². The van der Waals surface area contributed by atoms with Gasteiger partial charge < -0.3 is 9.52 Å². The maximum atomic E-state index is 10.9. The maximum absolute atomic E-state index is 10.9. The van der Waals surface area contributed by atoms with Gasteiger partial charge in [0.1, 0.15) is 5.58 Å². The highest BCUT2D eigenvalue weighted by molar-refractivity contribution is 6.03. The molecule has 1 aromatic heterocycles. The molecule has 2 aromatic rings. The van der Waals surface area contributed by atoms with E-state index in [0.29, 0.717) is 16.5 Å². The van der Waals surface area contributed by atoms with Crippen molar-refractivity contribution in [3.05, 3.63) is 35.6 Å². The minimum absolute atomic E-state index is 0.325. The zero-order valence-corrected chi connectivity index (χ0v) is 7.07. The smallest absolute Gasteiger partial charge is 0.336 e. The van der Waals surface area contributed by atoms with Crippen LogP contribution in [0, 0.1) is 6.92 Å². The Bertz CT molecular complexity index is 468. The van der Waals surface area contributed by atoms with E-state index in [1.54, 1.807) is 25.1 Å². The van der Waals surface area contributed by atoms with Gasteiger partial charge >= 0.3 is 5.97 Å². The van der Waals surface area contributed by atoms with E-state index in [0.717, 1.165) is 5.56 Å². The Kier molecular flexibility index (Phi) is 1.59. The standard InChI is InChI=1S/C10H8O3/c1-6-2-3-8-7(4-5-13-8)9(6)10(11)12/h2-5H,1H3,(H,11,12). The average molecular weight is 176 g/mol. The molecule has 0 fully saturated rings. The number of aromatic carboxylic acids is 1. The normalized spacial score (nSPS) is 10.5. The summed E-state index contributed by atoms with van der Waals surface area (Å²) in [6, 6.07) is 5.19. The number of rotatable bonds is 1. The first-order valence-electron chi connectivity index (χ1n) is 3.90. The Morgan fingerprint density at radius 3 is 2.85 bits per heavy atom. The summed E-state index contributed by atoms with van der Waals surface area (Å²) in [6.45, 7) is 1.77. The van der Waals surface area contributed by atoms with Crippen LogP contribution in [0.4, 0.5) is 0 Å². The molecular weight excluding hydrogens is 168 g/mol. The fourth-order valence-electron chi connectivity index (χ4n) is 1.44. The van der Waals surface area contributed by atoms with Crippen molar-refractivity contribution in [3.63, 3.8) is 0 Å². The SMILES string of the molecule is Cc1ccc2occc2c1C(=O)O. The molecule has 3 nitrogen and oxygen atoms in total. The summed E-state index contributed by atoms with van der Waals surface area (Å²) in [7, 11) is 0. The third kappa shape index (κ3) is 1.09. The quantitative estimate of drug-likeness (QED) is 0.725. The highest BCUT2D eigenvalue weighted by atomic mass is 16.4. The molecule has 0 saturated carbocycles. The molecule has 13 heavy (non-hydrogen) atoms. The third-order valence-corrected chi connectivity index (χ3v) is 2.06. The molecule has 0 spiro atoms. The van der Waals surface area contributed by atoms with Crippen LogP contribution in [0.5, 0.6) is 0 Å². The number of benzene rings is 1. The van der Waals surface area contributed by atoms with E-state index in [-0.39, 0.29) is 0 Å². The molecule has 0 aliphatic heterocycles. The van der Waals surface area contributed by atoms with Gasteiger partial charge in [-0.25, -0.2) is 4.79 Å². The maximum Gasteiger partial charge on any atom is 0.336 e. The van der Waals surface area contributed by atoms with Crippen LogP contribution in [0.3, 0.4) is 0 Å². The summed E-state index contributed by atoms with van der Waals surface area (Å²) in [6.07, 6.45) is 1.50. The fourth-order valence-corrected chi connectivity index (χ4v) is 1.44. The monoisotopic (exact) mass is 176 g/mol. The molecule has 0 saturated heterocycles. The molecule has 1 N–H and O–H groups in total. The lowest BCUT2D eigenvalue weighted by Crippen LogP contribution is -1.99. The van der Waals surface area contributed by atoms with Crippen LogP contribution in [0.25, 0.3) is 11.0 Å². The summed E-state index contributed by atoms with van der Waals surface area (Å²) in [4.78, 5) is 10.9. The number of carbonyl (C=O) groups is 1. The zero-order chi connectivity index (χ0) is 9.42. The van der Waals surface area contributed by atoms with Crippen LogP contribution < -0.4 is 0 Å². The van der Waals surface area contributed by atoms with Gasteiger partial charge in [-0.05, 0) is 24.6 Å². The predicted molar refractivity (Wildman–Crippen MR) is 47.9 cm³/mol. The van der Waals surface area contributed by atoms with Gasteiger partial charge in [-0.15, -0.1) is 0 Å². The predicted octanol–water partition coefficient (Wildman–Crippen LogP) is 2.44. The lowest BCUT2D eigenvalue weighted by atomic mass is 10.1. The highest BCUT2D eigenvalue weighted by Gasteiger charge is 2.12. The minimum atomic E-state index is -0.912. The first-order chi connectivity index (χ1) is 6.20. The molecule has 2 rings (SSSR count). The number of hydrogen-bond donors (Lipinski definition) is 1. The van der Waals surface area contributed by atoms with E-state index in [9.17, 15) is 4.79 Å². The Balaban J connectivity index is 2.88. The van der Waals surface area contributed by atoms with Gasteiger partial charge in [-0.1, -0.05) is 6.07 Å². The minimum Gasteiger partial charge on any atom is -0.478 e. The zero-order valence-electron chi connectivity index (χ0n) is 7.07. The van der Waals surface area contributed by atoms with E-state index >= 15 is 0 Å². The van der Waals surface area contributed by atoms with Crippen molar-refractivity contribution in [1.82, 2.24) is 0 Å². The molecule has 3 heteroatoms. The third-order valence-electron chi connectivity index (χ3n) is 2.06. The molecule has 0 amide bonds. The van der Waals surface area contributed by atoms with Gasteiger partial charge in [0.2, 0.25) is 0 Å². The Hall–Kier alpha value is -1.77. The largest absolute Gasteiger partial charge is 0.478 e. The fraction of sp³-hybridized carbons (Fsp3) is 0.100. The summed E-state index contributed by atoms with van der Waals surface area (Å²) in [5.74, 6) is -0.912. The molecular formula is C10H8O3. The van der Waals surface area contributed by atoms with Gasteiger partial charge in [0, 0.05) is 5.39 Å². The Morgan fingerprint density at radius 1 is 1.38 bits per heavy atom. The first-order valence-corrected chi connectivity index (χ1v) is 3.90. The average Bonchev–Trinajstić information content (AvgIpc) is 2.50. The summed E-state index contributed by atoms with van der Waals surface area (Å²) in [5, 5.41) is 9.60. The second-order valence-electron chi connectivity index (χ2n) is 2.90. The highest BCUT2D eigenvalue weighted by Crippen LogP contribution is 2.22. The second-order valence-corrected chi connectivity index (χ2v) is 2.90. The van der Waals surface area contributed by atoms with E-state index in [1.165, 1.54) is 6.26 Å². The van der Waals surface area contributed by atoms with Crippen molar-refractivity contribution in [1.29, 1.82) is 0 Å². The lowest BCUT2D eigenvalue weighted by Gasteiger charge is -2.00. The molecule has 0 unspecified atom stereocenters. The topological polar surface area (TPSA) is 50.4 Å². The summed E-state index contributed by atoms with van der Waals surface area (Å²) in [5.41, 5.74) is 1.69. The Morgan fingerprint density at radius 2 is 2.15 bits per heavy atom. The van der Waals surface area contributed by atoms with E-state index in [4.69, 9.17) is 9.52 Å².